The molecule has 0 spiro atoms. The summed E-state index contributed by atoms with van der Waals surface area (Å²) in [5.41, 5.74) is 4.17. The average Bonchev–Trinajstić information content (AvgIpc) is 2.68. The minimum Gasteiger partial charge on any atom is -0.495 e. The highest BCUT2D eigenvalue weighted by atomic mass is 35.5. The van der Waals surface area contributed by atoms with Gasteiger partial charge in [0.2, 0.25) is 5.91 Å². The molecule has 5 nitrogen and oxygen atoms in total. The van der Waals surface area contributed by atoms with E-state index < -0.39 is 0 Å². The van der Waals surface area contributed by atoms with Crippen LogP contribution in [0.3, 0.4) is 0 Å². The largest absolute Gasteiger partial charge is 0.495 e. The summed E-state index contributed by atoms with van der Waals surface area (Å²) < 4.78 is 5.28. The van der Waals surface area contributed by atoms with Gasteiger partial charge >= 0.3 is 0 Å². The summed E-state index contributed by atoms with van der Waals surface area (Å²) in [6.07, 6.45) is 4.16. The number of carbonyl (C=O) groups excluding carboxylic acids is 1. The number of nitrogens with one attached hydrogen (secondary N) is 1. The minimum atomic E-state index is -0.191. The normalized spacial score (nSPS) is 12.8. The number of nitriles is 1. The number of fused-ring (bicyclic) bond motifs is 1. The van der Waals surface area contributed by atoms with E-state index in [9.17, 15) is 10.1 Å². The number of rotatable bonds is 5. The van der Waals surface area contributed by atoms with Crippen molar-refractivity contribution in [3.63, 3.8) is 0 Å². The lowest BCUT2D eigenvalue weighted by Gasteiger charge is -2.16. The van der Waals surface area contributed by atoms with E-state index in [0.717, 1.165) is 42.5 Å². The van der Waals surface area contributed by atoms with Crippen LogP contribution in [0.1, 0.15) is 35.2 Å². The van der Waals surface area contributed by atoms with Crippen LogP contribution < -0.4 is 10.1 Å². The fraction of sp³-hybridized carbons (Fsp3) is 0.350. The zero-order valence-corrected chi connectivity index (χ0v) is 16.8. The number of pyridine rings is 1. The molecule has 27 heavy (non-hydrogen) atoms. The molecule has 1 aliphatic rings. The number of hydrogen-bond donors (Lipinski definition) is 1. The maximum absolute atomic E-state index is 12.4. The lowest BCUT2D eigenvalue weighted by atomic mass is 9.95. The van der Waals surface area contributed by atoms with E-state index in [2.05, 4.69) is 16.4 Å². The Morgan fingerprint density at radius 3 is 2.89 bits per heavy atom. The van der Waals surface area contributed by atoms with Crippen molar-refractivity contribution in [1.29, 1.82) is 5.26 Å². The third kappa shape index (κ3) is 4.55. The van der Waals surface area contributed by atoms with Crippen molar-refractivity contribution in [2.75, 3.05) is 18.2 Å². The Morgan fingerprint density at radius 2 is 2.15 bits per heavy atom. The third-order valence-corrected chi connectivity index (χ3v) is 5.88. The molecule has 3 rings (SSSR count). The van der Waals surface area contributed by atoms with Crippen LogP contribution in [0.5, 0.6) is 5.75 Å². The smallest absolute Gasteiger partial charge is 0.234 e. The van der Waals surface area contributed by atoms with Crippen molar-refractivity contribution < 1.29 is 9.53 Å². The summed E-state index contributed by atoms with van der Waals surface area (Å²) in [5.74, 6) is 0.475. The molecule has 1 aromatic carbocycles. The van der Waals surface area contributed by atoms with E-state index in [1.807, 2.05) is 13.0 Å². The van der Waals surface area contributed by atoms with E-state index >= 15 is 0 Å². The fourth-order valence-electron chi connectivity index (χ4n) is 3.05. The Morgan fingerprint density at radius 1 is 1.37 bits per heavy atom. The summed E-state index contributed by atoms with van der Waals surface area (Å²) >= 11 is 7.38. The van der Waals surface area contributed by atoms with Gasteiger partial charge in [0, 0.05) is 16.8 Å². The molecule has 7 heteroatoms. The summed E-state index contributed by atoms with van der Waals surface area (Å²) in [5, 5.41) is 13.5. The first-order valence-electron chi connectivity index (χ1n) is 8.71. The summed E-state index contributed by atoms with van der Waals surface area (Å²) in [7, 11) is 1.53. The maximum atomic E-state index is 12.4. The van der Waals surface area contributed by atoms with E-state index in [1.54, 1.807) is 12.1 Å². The number of aryl methyl sites for hydroxylation is 3. The van der Waals surface area contributed by atoms with E-state index in [4.69, 9.17) is 16.3 Å². The van der Waals surface area contributed by atoms with Crippen molar-refractivity contribution in [2.45, 2.75) is 37.6 Å². The Hall–Kier alpha value is -2.23. The summed E-state index contributed by atoms with van der Waals surface area (Å²) in [6.45, 7) is 1.86. The number of benzene rings is 1. The maximum Gasteiger partial charge on any atom is 0.234 e. The highest BCUT2D eigenvalue weighted by Gasteiger charge is 2.17. The first kappa shape index (κ1) is 19.5. The molecular weight excluding hydrogens is 382 g/mol. The van der Waals surface area contributed by atoms with Crippen LogP contribution >= 0.6 is 23.4 Å². The highest BCUT2D eigenvalue weighted by Crippen LogP contribution is 2.32. The van der Waals surface area contributed by atoms with Crippen LogP contribution in [-0.2, 0) is 17.6 Å². The van der Waals surface area contributed by atoms with Gasteiger partial charge in [-0.2, -0.15) is 5.26 Å². The molecule has 0 aliphatic heterocycles. The summed E-state index contributed by atoms with van der Waals surface area (Å²) in [4.78, 5) is 17.0. The number of methoxy groups -OCH3 is 1. The molecule has 0 saturated heterocycles. The molecule has 1 amide bonds. The van der Waals surface area contributed by atoms with Gasteiger partial charge in [-0.1, -0.05) is 23.4 Å². The minimum absolute atomic E-state index is 0.158. The summed E-state index contributed by atoms with van der Waals surface area (Å²) in [6, 6.07) is 7.58. The molecule has 1 aliphatic carbocycles. The van der Waals surface area contributed by atoms with Crippen LogP contribution in [0.25, 0.3) is 0 Å². The SMILES string of the molecule is COc1cc(Cl)c(C)cc1NC(=O)CSc1nc2c(cc1C#N)CCCC2. The van der Waals surface area contributed by atoms with Crippen LogP contribution in [0.2, 0.25) is 5.02 Å². The standard InChI is InChI=1S/C20H20ClN3O2S/c1-12-7-17(18(26-2)9-15(12)21)23-19(25)11-27-20-14(10-22)8-13-5-3-4-6-16(13)24-20/h7-9H,3-6,11H2,1-2H3,(H,23,25). The second-order valence-corrected chi connectivity index (χ2v) is 7.78. The zero-order chi connectivity index (χ0) is 19.4. The number of thioether (sulfide) groups is 1. The third-order valence-electron chi connectivity index (χ3n) is 4.48. The first-order valence-corrected chi connectivity index (χ1v) is 10.1. The van der Waals surface area contributed by atoms with Gasteiger partial charge in [-0.15, -0.1) is 0 Å². The number of ether oxygens (including phenoxy) is 1. The lowest BCUT2D eigenvalue weighted by Crippen LogP contribution is -2.15. The number of anilines is 1. The highest BCUT2D eigenvalue weighted by molar-refractivity contribution is 8.00. The second kappa shape index (κ2) is 8.64. The Kier molecular flexibility index (Phi) is 6.25. The van der Waals surface area contributed by atoms with Crippen molar-refractivity contribution in [1.82, 2.24) is 4.98 Å². The van der Waals surface area contributed by atoms with Crippen molar-refractivity contribution in [3.8, 4) is 11.8 Å². The van der Waals surface area contributed by atoms with Crippen molar-refractivity contribution in [3.05, 3.63) is 45.6 Å². The molecule has 0 bridgehead atoms. The molecule has 0 fully saturated rings. The number of amides is 1. The zero-order valence-electron chi connectivity index (χ0n) is 15.3. The van der Waals surface area contributed by atoms with Crippen LogP contribution in [-0.4, -0.2) is 23.8 Å². The molecular formula is C20H20ClN3O2S. The van der Waals surface area contributed by atoms with E-state index in [-0.39, 0.29) is 11.7 Å². The van der Waals surface area contributed by atoms with Crippen LogP contribution in [0.4, 0.5) is 5.69 Å². The number of aromatic nitrogens is 1. The lowest BCUT2D eigenvalue weighted by molar-refractivity contribution is -0.113. The van der Waals surface area contributed by atoms with Gasteiger partial charge in [0.25, 0.3) is 0 Å². The van der Waals surface area contributed by atoms with Gasteiger partial charge in [0.1, 0.15) is 16.8 Å². The molecule has 140 valence electrons. The van der Waals surface area contributed by atoms with Gasteiger partial charge < -0.3 is 10.1 Å². The number of nitrogens with zero attached hydrogens (tertiary/aromatic N) is 2. The van der Waals surface area contributed by atoms with Gasteiger partial charge in [0.15, 0.2) is 0 Å². The van der Waals surface area contributed by atoms with Crippen LogP contribution in [0.15, 0.2) is 23.2 Å². The second-order valence-electron chi connectivity index (χ2n) is 6.40. The van der Waals surface area contributed by atoms with Crippen molar-refractivity contribution in [2.24, 2.45) is 0 Å². The van der Waals surface area contributed by atoms with Gasteiger partial charge in [-0.3, -0.25) is 4.79 Å². The predicted octanol–water partition coefficient (Wildman–Crippen LogP) is 4.53. The Balaban J connectivity index is 1.71. The Bertz CT molecular complexity index is 924. The number of hydrogen-bond acceptors (Lipinski definition) is 5. The molecule has 0 saturated carbocycles. The monoisotopic (exact) mass is 401 g/mol. The molecule has 0 atom stereocenters. The molecule has 1 heterocycles. The fourth-order valence-corrected chi connectivity index (χ4v) is 3.98. The van der Waals surface area contributed by atoms with Crippen LogP contribution in [0, 0.1) is 18.3 Å². The topological polar surface area (TPSA) is 75.0 Å². The molecule has 1 aromatic heterocycles. The van der Waals surface area contributed by atoms with Gasteiger partial charge in [0.05, 0.1) is 24.1 Å². The number of halogens is 1. The molecule has 0 radical (unpaired) electrons. The van der Waals surface area contributed by atoms with Gasteiger partial charge in [-0.05, 0) is 55.9 Å². The quantitative estimate of drug-likeness (QED) is 0.744. The molecule has 2 aromatic rings. The van der Waals surface area contributed by atoms with Gasteiger partial charge in [-0.25, -0.2) is 4.98 Å². The van der Waals surface area contributed by atoms with E-state index in [1.165, 1.54) is 18.9 Å². The first-order chi connectivity index (χ1) is 13.0. The molecule has 1 N–H and O–H groups in total. The predicted molar refractivity (Wildman–Crippen MR) is 108 cm³/mol. The molecule has 0 unspecified atom stereocenters. The van der Waals surface area contributed by atoms with Crippen molar-refractivity contribution >= 4 is 35.0 Å². The average molecular weight is 402 g/mol. The van der Waals surface area contributed by atoms with E-state index in [0.29, 0.717) is 27.0 Å². The number of carbonyl (C=O) groups is 1. The Labute approximate surface area is 168 Å².